The molecule has 0 bridgehead atoms. The smallest absolute Gasteiger partial charge is 0.319 e. The summed E-state index contributed by atoms with van der Waals surface area (Å²) >= 11 is 0. The molecule has 4 heteroatoms. The number of likely N-dealkylation sites (N-methyl/N-ethyl adjacent to an activating group) is 1. The fourth-order valence-corrected chi connectivity index (χ4v) is 2.64. The van der Waals surface area contributed by atoms with Crippen molar-refractivity contribution in [3.8, 4) is 0 Å². The predicted octanol–water partition coefficient (Wildman–Crippen LogP) is 0.999. The van der Waals surface area contributed by atoms with Gasteiger partial charge in [0, 0.05) is 6.04 Å². The first-order valence-electron chi connectivity index (χ1n) is 6.23. The molecule has 4 nitrogen and oxygen atoms in total. The maximum Gasteiger partial charge on any atom is 0.319 e. The first-order chi connectivity index (χ1) is 7.72. The highest BCUT2D eigenvalue weighted by Gasteiger charge is 2.29. The summed E-state index contributed by atoms with van der Waals surface area (Å²) in [6.45, 7) is 4.10. The van der Waals surface area contributed by atoms with Crippen molar-refractivity contribution in [1.82, 2.24) is 4.90 Å². The molecular formula is C12H24N2O2. The van der Waals surface area contributed by atoms with E-state index in [0.29, 0.717) is 18.5 Å². The average molecular weight is 228 g/mol. The van der Waals surface area contributed by atoms with Crippen LogP contribution >= 0.6 is 0 Å². The molecule has 2 unspecified atom stereocenters. The molecule has 1 fully saturated rings. The number of nitrogens with zero attached hydrogens (tertiary/aromatic N) is 1. The Labute approximate surface area is 98.1 Å². The van der Waals surface area contributed by atoms with Crippen LogP contribution in [0, 0.1) is 5.92 Å². The zero-order chi connectivity index (χ0) is 12.0. The minimum absolute atomic E-state index is 0.150. The lowest BCUT2D eigenvalue weighted by Gasteiger charge is -2.38. The Kier molecular flexibility index (Phi) is 5.77. The van der Waals surface area contributed by atoms with E-state index in [9.17, 15) is 4.79 Å². The van der Waals surface area contributed by atoms with E-state index < -0.39 is 0 Å². The van der Waals surface area contributed by atoms with Crippen molar-refractivity contribution < 1.29 is 9.53 Å². The Hall–Kier alpha value is -0.610. The van der Waals surface area contributed by atoms with E-state index in [4.69, 9.17) is 10.5 Å². The van der Waals surface area contributed by atoms with Gasteiger partial charge in [-0.2, -0.15) is 0 Å². The van der Waals surface area contributed by atoms with Gasteiger partial charge in [-0.05, 0) is 31.8 Å². The molecule has 0 aromatic heterocycles. The number of hydrogen-bond acceptors (Lipinski definition) is 4. The second-order valence-electron chi connectivity index (χ2n) is 4.49. The third-order valence-corrected chi connectivity index (χ3v) is 3.61. The van der Waals surface area contributed by atoms with Gasteiger partial charge in [-0.15, -0.1) is 0 Å². The molecule has 1 saturated carbocycles. The van der Waals surface area contributed by atoms with Gasteiger partial charge < -0.3 is 10.5 Å². The number of ether oxygens (including phenoxy) is 1. The van der Waals surface area contributed by atoms with Crippen LogP contribution in [0.3, 0.4) is 0 Å². The molecule has 2 atom stereocenters. The summed E-state index contributed by atoms with van der Waals surface area (Å²) in [5.74, 6) is 0.390. The predicted molar refractivity (Wildman–Crippen MR) is 64.1 cm³/mol. The number of nitrogens with two attached hydrogens (primary N) is 1. The molecule has 1 aliphatic rings. The highest BCUT2D eigenvalue weighted by Crippen LogP contribution is 2.27. The van der Waals surface area contributed by atoms with Crippen LogP contribution in [-0.4, -0.2) is 43.7 Å². The zero-order valence-electron chi connectivity index (χ0n) is 10.4. The first kappa shape index (κ1) is 13.5. The van der Waals surface area contributed by atoms with Crippen LogP contribution in [0.1, 0.15) is 32.6 Å². The van der Waals surface area contributed by atoms with E-state index in [-0.39, 0.29) is 5.97 Å². The zero-order valence-corrected chi connectivity index (χ0v) is 10.4. The topological polar surface area (TPSA) is 55.6 Å². The molecule has 2 N–H and O–H groups in total. The summed E-state index contributed by atoms with van der Waals surface area (Å²) in [5.41, 5.74) is 5.81. The van der Waals surface area contributed by atoms with Gasteiger partial charge in [-0.25, -0.2) is 0 Å². The summed E-state index contributed by atoms with van der Waals surface area (Å²) in [7, 11) is 1.44. The van der Waals surface area contributed by atoms with Gasteiger partial charge in [0.2, 0.25) is 0 Å². The normalized spacial score (nSPS) is 25.8. The summed E-state index contributed by atoms with van der Waals surface area (Å²) in [6, 6.07) is 0.461. The van der Waals surface area contributed by atoms with Crippen LogP contribution in [0.2, 0.25) is 0 Å². The van der Waals surface area contributed by atoms with Gasteiger partial charge in [0.1, 0.15) is 0 Å². The molecule has 1 rings (SSSR count). The van der Waals surface area contributed by atoms with Crippen molar-refractivity contribution >= 4 is 5.97 Å². The molecule has 0 aliphatic heterocycles. The average Bonchev–Trinajstić information content (AvgIpc) is 2.35. The summed E-state index contributed by atoms with van der Waals surface area (Å²) in [5, 5.41) is 0. The Morgan fingerprint density at radius 2 is 2.12 bits per heavy atom. The molecule has 0 heterocycles. The van der Waals surface area contributed by atoms with Gasteiger partial charge in [-0.3, -0.25) is 9.69 Å². The Morgan fingerprint density at radius 1 is 1.44 bits per heavy atom. The number of hydrogen-bond donors (Lipinski definition) is 1. The Morgan fingerprint density at radius 3 is 2.69 bits per heavy atom. The van der Waals surface area contributed by atoms with Gasteiger partial charge in [0.25, 0.3) is 0 Å². The number of carbonyl (C=O) groups excluding carboxylic acids is 1. The second kappa shape index (κ2) is 6.86. The van der Waals surface area contributed by atoms with E-state index in [0.717, 1.165) is 19.5 Å². The molecule has 0 aromatic rings. The van der Waals surface area contributed by atoms with Gasteiger partial charge in [0.05, 0.1) is 13.7 Å². The standard InChI is InChI=1S/C12H24N2O2/c1-3-14(9-12(15)16-2)11-7-5-4-6-10(11)8-13/h10-11H,3-9,13H2,1-2H3. The Balaban J connectivity index is 2.58. The van der Waals surface area contributed by atoms with E-state index in [1.165, 1.54) is 26.4 Å². The van der Waals surface area contributed by atoms with Crippen LogP contribution in [0.5, 0.6) is 0 Å². The third kappa shape index (κ3) is 3.46. The van der Waals surface area contributed by atoms with E-state index in [1.807, 2.05) is 0 Å². The maximum atomic E-state index is 11.3. The van der Waals surface area contributed by atoms with Crippen LogP contribution in [-0.2, 0) is 9.53 Å². The minimum Gasteiger partial charge on any atom is -0.468 e. The van der Waals surface area contributed by atoms with Crippen LogP contribution in [0.25, 0.3) is 0 Å². The highest BCUT2D eigenvalue weighted by atomic mass is 16.5. The molecule has 94 valence electrons. The molecule has 16 heavy (non-hydrogen) atoms. The number of rotatable bonds is 5. The number of esters is 1. The van der Waals surface area contributed by atoms with Gasteiger partial charge >= 0.3 is 5.97 Å². The van der Waals surface area contributed by atoms with Crippen LogP contribution < -0.4 is 5.73 Å². The lowest BCUT2D eigenvalue weighted by Crippen LogP contribution is -2.47. The van der Waals surface area contributed by atoms with E-state index in [1.54, 1.807) is 0 Å². The quantitative estimate of drug-likeness (QED) is 0.713. The van der Waals surface area contributed by atoms with Crippen molar-refractivity contribution in [3.63, 3.8) is 0 Å². The monoisotopic (exact) mass is 228 g/mol. The maximum absolute atomic E-state index is 11.3. The lowest BCUT2D eigenvalue weighted by molar-refractivity contribution is -0.143. The third-order valence-electron chi connectivity index (χ3n) is 3.61. The minimum atomic E-state index is -0.150. The molecule has 1 aliphatic carbocycles. The summed E-state index contributed by atoms with van der Waals surface area (Å²) < 4.78 is 4.73. The van der Waals surface area contributed by atoms with Crippen LogP contribution in [0.4, 0.5) is 0 Å². The molecule has 0 spiro atoms. The SMILES string of the molecule is CCN(CC(=O)OC)C1CCCCC1CN. The highest BCUT2D eigenvalue weighted by molar-refractivity contribution is 5.71. The first-order valence-corrected chi connectivity index (χ1v) is 6.23. The van der Waals surface area contributed by atoms with Crippen LogP contribution in [0.15, 0.2) is 0 Å². The molecular weight excluding hydrogens is 204 g/mol. The van der Waals surface area contributed by atoms with Crippen molar-refractivity contribution in [2.24, 2.45) is 11.7 Å². The molecule has 0 aromatic carbocycles. The van der Waals surface area contributed by atoms with Gasteiger partial charge in [0.15, 0.2) is 0 Å². The number of carbonyl (C=O) groups is 1. The number of methoxy groups -OCH3 is 1. The van der Waals surface area contributed by atoms with E-state index in [2.05, 4.69) is 11.8 Å². The second-order valence-corrected chi connectivity index (χ2v) is 4.49. The molecule has 0 saturated heterocycles. The van der Waals surface area contributed by atoms with E-state index >= 15 is 0 Å². The van der Waals surface area contributed by atoms with Crippen molar-refractivity contribution in [1.29, 1.82) is 0 Å². The van der Waals surface area contributed by atoms with Gasteiger partial charge in [-0.1, -0.05) is 19.8 Å². The van der Waals surface area contributed by atoms with Crippen molar-refractivity contribution in [2.45, 2.75) is 38.6 Å². The fraction of sp³-hybridized carbons (Fsp3) is 0.917. The van der Waals surface area contributed by atoms with Crippen molar-refractivity contribution in [2.75, 3.05) is 26.7 Å². The Bertz CT molecular complexity index is 221. The lowest BCUT2D eigenvalue weighted by atomic mass is 9.83. The molecule has 0 amide bonds. The summed E-state index contributed by atoms with van der Waals surface area (Å²) in [6.07, 6.45) is 4.87. The molecule has 0 radical (unpaired) electrons. The fourth-order valence-electron chi connectivity index (χ4n) is 2.64. The largest absolute Gasteiger partial charge is 0.468 e. The summed E-state index contributed by atoms with van der Waals surface area (Å²) in [4.78, 5) is 13.5. The van der Waals surface area contributed by atoms with Crippen molar-refractivity contribution in [3.05, 3.63) is 0 Å².